The summed E-state index contributed by atoms with van der Waals surface area (Å²) in [6.45, 7) is 0. The summed E-state index contributed by atoms with van der Waals surface area (Å²) in [5.74, 6) is -0.667. The third-order valence-corrected chi connectivity index (χ3v) is 1.01. The molecule has 54 valence electrons. The Balaban J connectivity index is 2.83. The first-order chi connectivity index (χ1) is 4.27. The molecule has 0 aliphatic carbocycles. The number of carboxylic acid groups (broad SMARTS) is 1. The molecule has 0 radical (unpaired) electrons. The second-order valence-corrected chi connectivity index (χ2v) is 1.89. The van der Waals surface area contributed by atoms with E-state index in [1.165, 1.54) is 0 Å². The van der Waals surface area contributed by atoms with E-state index in [1.807, 2.05) is 0 Å². The topological polar surface area (TPSA) is 76.0 Å². The molecule has 0 saturated heterocycles. The largest absolute Gasteiger partial charge is 0.481 e. The van der Waals surface area contributed by atoms with Crippen LogP contribution in [-0.4, -0.2) is 22.1 Å². The van der Waals surface area contributed by atoms with Gasteiger partial charge in [0.05, 0.1) is 6.42 Å². The summed E-state index contributed by atoms with van der Waals surface area (Å²) < 4.78 is 3.89. The molecule has 0 amide bonds. The zero-order valence-electron chi connectivity index (χ0n) is 4.44. The molecule has 0 rings (SSSR count). The van der Waals surface area contributed by atoms with Crippen LogP contribution in [0.15, 0.2) is 0 Å². The van der Waals surface area contributed by atoms with E-state index in [0.29, 0.717) is 0 Å². The van der Waals surface area contributed by atoms with Crippen LogP contribution in [0.5, 0.6) is 0 Å². The fraction of sp³-hybridized carbons (Fsp3) is 0.667. The highest BCUT2D eigenvalue weighted by molar-refractivity contribution is 7.94. The molecule has 0 aromatic rings. The smallest absolute Gasteiger partial charge is 0.304 e. The van der Waals surface area contributed by atoms with E-state index in [4.69, 9.17) is 10.4 Å². The van der Waals surface area contributed by atoms with Gasteiger partial charge in [0.25, 0.3) is 0 Å². The van der Waals surface area contributed by atoms with Gasteiger partial charge in [-0.05, 0) is 0 Å². The standard InChI is InChI=1S/C3H6O5S/c4-3(5)1-2-9-8-7-6/h6H,1-2H2,(H,4,5). The van der Waals surface area contributed by atoms with E-state index in [9.17, 15) is 4.79 Å². The second-order valence-electron chi connectivity index (χ2n) is 1.11. The van der Waals surface area contributed by atoms with Crippen molar-refractivity contribution in [2.45, 2.75) is 6.42 Å². The molecule has 9 heavy (non-hydrogen) atoms. The van der Waals surface area contributed by atoms with Crippen LogP contribution in [0.2, 0.25) is 0 Å². The molecule has 0 aromatic heterocycles. The van der Waals surface area contributed by atoms with Gasteiger partial charge in [-0.25, -0.2) is 5.26 Å². The van der Waals surface area contributed by atoms with Crippen LogP contribution in [0.25, 0.3) is 0 Å². The van der Waals surface area contributed by atoms with Crippen molar-refractivity contribution in [2.75, 3.05) is 5.75 Å². The van der Waals surface area contributed by atoms with Gasteiger partial charge in [0.15, 0.2) is 0 Å². The Hall–Kier alpha value is -0.300. The fourth-order valence-corrected chi connectivity index (χ4v) is 0.554. The van der Waals surface area contributed by atoms with Crippen LogP contribution in [-0.2, 0) is 14.2 Å². The monoisotopic (exact) mass is 154 g/mol. The summed E-state index contributed by atoms with van der Waals surface area (Å²) in [6, 6.07) is 0. The molecule has 0 aliphatic heterocycles. The minimum atomic E-state index is -0.913. The van der Waals surface area contributed by atoms with Crippen LogP contribution in [0.1, 0.15) is 6.42 Å². The van der Waals surface area contributed by atoms with Crippen LogP contribution < -0.4 is 0 Å². The molecule has 5 nitrogen and oxygen atoms in total. The number of aliphatic carboxylic acids is 1. The minimum Gasteiger partial charge on any atom is -0.481 e. The number of rotatable bonds is 5. The molecule has 0 spiro atoms. The molecule has 0 aliphatic rings. The Morgan fingerprint density at radius 2 is 2.33 bits per heavy atom. The van der Waals surface area contributed by atoms with E-state index in [0.717, 1.165) is 12.0 Å². The first kappa shape index (κ1) is 8.70. The highest BCUT2D eigenvalue weighted by Crippen LogP contribution is 2.02. The van der Waals surface area contributed by atoms with Gasteiger partial charge in [0.1, 0.15) is 0 Å². The fourth-order valence-electron chi connectivity index (χ4n) is 0.185. The molecule has 0 fully saturated rings. The summed E-state index contributed by atoms with van der Waals surface area (Å²) in [7, 11) is 0. The van der Waals surface area contributed by atoms with Gasteiger partial charge in [-0.15, -0.1) is 4.33 Å². The van der Waals surface area contributed by atoms with Crippen LogP contribution in [0, 0.1) is 0 Å². The van der Waals surface area contributed by atoms with E-state index in [1.54, 1.807) is 0 Å². The van der Waals surface area contributed by atoms with Gasteiger partial charge in [0.2, 0.25) is 0 Å². The average molecular weight is 154 g/mol. The molecular formula is C3H6O5S. The van der Waals surface area contributed by atoms with Crippen molar-refractivity contribution in [3.8, 4) is 0 Å². The quantitative estimate of drug-likeness (QED) is 0.260. The van der Waals surface area contributed by atoms with E-state index < -0.39 is 5.97 Å². The predicted molar refractivity (Wildman–Crippen MR) is 29.5 cm³/mol. The molecule has 0 aromatic carbocycles. The predicted octanol–water partition coefficient (Wildman–Crippen LogP) is 0.530. The summed E-state index contributed by atoms with van der Waals surface area (Å²) in [5.41, 5.74) is 0. The third kappa shape index (κ3) is 7.70. The molecule has 0 atom stereocenters. The second kappa shape index (κ2) is 5.83. The summed E-state index contributed by atoms with van der Waals surface area (Å²) in [6.07, 6.45) is -0.0198. The lowest BCUT2D eigenvalue weighted by molar-refractivity contribution is -0.432. The Labute approximate surface area is 55.6 Å². The Morgan fingerprint density at radius 1 is 1.67 bits per heavy atom. The first-order valence-electron chi connectivity index (χ1n) is 2.09. The zero-order valence-corrected chi connectivity index (χ0v) is 5.26. The molecule has 0 bridgehead atoms. The van der Waals surface area contributed by atoms with Crippen molar-refractivity contribution in [1.29, 1.82) is 0 Å². The summed E-state index contributed by atoms with van der Waals surface area (Å²) in [5, 5.41) is 18.8. The van der Waals surface area contributed by atoms with Crippen LogP contribution >= 0.6 is 12.0 Å². The highest BCUT2D eigenvalue weighted by atomic mass is 32.2. The minimum absolute atomic E-state index is 0.0198. The van der Waals surface area contributed by atoms with Gasteiger partial charge in [-0.1, -0.05) is 5.04 Å². The van der Waals surface area contributed by atoms with Gasteiger partial charge < -0.3 is 5.11 Å². The normalized spacial score (nSPS) is 9.44. The maximum atomic E-state index is 9.79. The number of hydrogen-bond acceptors (Lipinski definition) is 5. The van der Waals surface area contributed by atoms with Gasteiger partial charge in [-0.3, -0.25) is 4.79 Å². The SMILES string of the molecule is O=C(O)CCSOOO. The van der Waals surface area contributed by atoms with Gasteiger partial charge in [-0.2, -0.15) is 0 Å². The van der Waals surface area contributed by atoms with Gasteiger partial charge in [0, 0.05) is 17.8 Å². The van der Waals surface area contributed by atoms with Crippen molar-refractivity contribution in [2.24, 2.45) is 0 Å². The molecule has 0 saturated carbocycles. The summed E-state index contributed by atoms with van der Waals surface area (Å²) in [4.78, 5) is 9.79. The molecular weight excluding hydrogens is 148 g/mol. The highest BCUT2D eigenvalue weighted by Gasteiger charge is 1.96. The van der Waals surface area contributed by atoms with Crippen molar-refractivity contribution in [3.63, 3.8) is 0 Å². The number of carbonyl (C=O) groups is 1. The lowest BCUT2D eigenvalue weighted by Crippen LogP contribution is -1.96. The van der Waals surface area contributed by atoms with Crippen molar-refractivity contribution >= 4 is 18.0 Å². The zero-order chi connectivity index (χ0) is 7.11. The molecule has 0 unspecified atom stereocenters. The van der Waals surface area contributed by atoms with Gasteiger partial charge >= 0.3 is 5.97 Å². The molecule has 0 heterocycles. The Bertz CT molecular complexity index is 84.3. The number of carboxylic acids is 1. The van der Waals surface area contributed by atoms with Crippen molar-refractivity contribution < 1.29 is 24.5 Å². The van der Waals surface area contributed by atoms with E-state index >= 15 is 0 Å². The van der Waals surface area contributed by atoms with Crippen molar-refractivity contribution in [3.05, 3.63) is 0 Å². The molecule has 2 N–H and O–H groups in total. The lowest BCUT2D eigenvalue weighted by atomic mass is 10.5. The van der Waals surface area contributed by atoms with Crippen LogP contribution in [0.3, 0.4) is 0 Å². The van der Waals surface area contributed by atoms with Crippen molar-refractivity contribution in [1.82, 2.24) is 0 Å². The molecule has 6 heteroatoms. The number of hydrogen-bond donors (Lipinski definition) is 2. The average Bonchev–Trinajstić information content (AvgIpc) is 1.80. The maximum Gasteiger partial charge on any atom is 0.304 e. The van der Waals surface area contributed by atoms with E-state index in [-0.39, 0.29) is 12.2 Å². The lowest BCUT2D eigenvalue weighted by Gasteiger charge is -1.91. The van der Waals surface area contributed by atoms with E-state index in [2.05, 4.69) is 9.37 Å². The third-order valence-electron chi connectivity index (χ3n) is 0.478. The first-order valence-corrected chi connectivity index (χ1v) is 3.00. The van der Waals surface area contributed by atoms with Crippen LogP contribution in [0.4, 0.5) is 0 Å². The summed E-state index contributed by atoms with van der Waals surface area (Å²) >= 11 is 0.729. The Morgan fingerprint density at radius 3 is 2.78 bits per heavy atom. The Kier molecular flexibility index (Phi) is 5.64. The maximum absolute atomic E-state index is 9.79.